The van der Waals surface area contributed by atoms with Crippen molar-refractivity contribution in [2.75, 3.05) is 6.54 Å². The monoisotopic (exact) mass is 400 g/mol. The number of imidazole rings is 1. The van der Waals surface area contributed by atoms with Crippen molar-refractivity contribution < 1.29 is 4.79 Å². The number of hydrogen-bond acceptors (Lipinski definition) is 6. The summed E-state index contributed by atoms with van der Waals surface area (Å²) in [4.78, 5) is 25.1. The molecular formula is C21H20N8O. The van der Waals surface area contributed by atoms with E-state index in [0.717, 1.165) is 11.4 Å². The van der Waals surface area contributed by atoms with Gasteiger partial charge in [0.05, 0.1) is 11.3 Å². The Morgan fingerprint density at radius 3 is 2.87 bits per heavy atom. The average Bonchev–Trinajstić information content (AvgIpc) is 3.39. The van der Waals surface area contributed by atoms with E-state index < -0.39 is 0 Å². The molecule has 9 heteroatoms. The second kappa shape index (κ2) is 8.13. The Morgan fingerprint density at radius 1 is 1.30 bits per heavy atom. The van der Waals surface area contributed by atoms with Crippen LogP contribution < -0.4 is 5.32 Å². The van der Waals surface area contributed by atoms with Gasteiger partial charge in [-0.15, -0.1) is 0 Å². The molecule has 0 spiro atoms. The highest BCUT2D eigenvalue weighted by Crippen LogP contribution is 2.17. The minimum atomic E-state index is -0.191. The van der Waals surface area contributed by atoms with E-state index in [2.05, 4.69) is 31.4 Å². The van der Waals surface area contributed by atoms with Gasteiger partial charge in [0.25, 0.3) is 5.91 Å². The minimum absolute atomic E-state index is 0.191. The van der Waals surface area contributed by atoms with E-state index in [1.165, 1.54) is 6.20 Å². The third kappa shape index (κ3) is 3.75. The molecule has 0 aliphatic rings. The fourth-order valence-electron chi connectivity index (χ4n) is 3.28. The number of rotatable bonds is 6. The van der Waals surface area contributed by atoms with Gasteiger partial charge in [0.2, 0.25) is 0 Å². The highest BCUT2D eigenvalue weighted by molar-refractivity contribution is 5.93. The first-order valence-electron chi connectivity index (χ1n) is 9.55. The highest BCUT2D eigenvalue weighted by atomic mass is 16.1. The van der Waals surface area contributed by atoms with Crippen molar-refractivity contribution in [3.63, 3.8) is 0 Å². The summed E-state index contributed by atoms with van der Waals surface area (Å²) >= 11 is 0. The normalized spacial score (nSPS) is 10.8. The first-order valence-corrected chi connectivity index (χ1v) is 9.55. The van der Waals surface area contributed by atoms with E-state index in [1.807, 2.05) is 19.9 Å². The summed E-state index contributed by atoms with van der Waals surface area (Å²) in [6, 6.07) is 7.64. The lowest BCUT2D eigenvalue weighted by molar-refractivity contribution is 0.0953. The van der Waals surface area contributed by atoms with E-state index in [9.17, 15) is 10.1 Å². The topological polar surface area (TPSA) is 114 Å². The first-order chi connectivity index (χ1) is 14.6. The number of aromatic nitrogens is 6. The van der Waals surface area contributed by atoms with Gasteiger partial charge >= 0.3 is 0 Å². The molecule has 0 atom stereocenters. The molecule has 0 saturated heterocycles. The van der Waals surface area contributed by atoms with Crippen LogP contribution in [0, 0.1) is 25.2 Å². The number of carbonyl (C=O) groups is 1. The largest absolute Gasteiger partial charge is 0.352 e. The molecular weight excluding hydrogens is 380 g/mol. The predicted octanol–water partition coefficient (Wildman–Crippen LogP) is 2.16. The zero-order valence-corrected chi connectivity index (χ0v) is 16.7. The highest BCUT2D eigenvalue weighted by Gasteiger charge is 2.15. The van der Waals surface area contributed by atoms with Gasteiger partial charge in [-0.3, -0.25) is 9.36 Å². The molecule has 4 aromatic heterocycles. The molecule has 0 radical (unpaired) electrons. The van der Waals surface area contributed by atoms with E-state index in [-0.39, 0.29) is 5.91 Å². The van der Waals surface area contributed by atoms with Gasteiger partial charge in [0.15, 0.2) is 5.65 Å². The van der Waals surface area contributed by atoms with Crippen LogP contribution in [0.5, 0.6) is 0 Å². The van der Waals surface area contributed by atoms with Crippen LogP contribution in [0.15, 0.2) is 43.1 Å². The number of pyridine rings is 1. The molecule has 0 saturated carbocycles. The fraction of sp³-hybridized carbons (Fsp3) is 0.238. The maximum Gasteiger partial charge on any atom is 0.252 e. The van der Waals surface area contributed by atoms with Gasteiger partial charge < -0.3 is 5.32 Å². The van der Waals surface area contributed by atoms with Crippen LogP contribution in [0.25, 0.3) is 11.5 Å². The van der Waals surface area contributed by atoms with Crippen molar-refractivity contribution >= 4 is 11.6 Å². The number of hydrogen-bond donors (Lipinski definition) is 1. The SMILES string of the molecule is Cc1cc(C)n2nc(CCCNC(=O)c3ccc(-n4ccnc4)nc3)c(C#N)c2n1. The molecule has 0 unspecified atom stereocenters. The zero-order chi connectivity index (χ0) is 21.1. The maximum atomic E-state index is 12.3. The van der Waals surface area contributed by atoms with Crippen molar-refractivity contribution in [2.24, 2.45) is 0 Å². The fourth-order valence-corrected chi connectivity index (χ4v) is 3.28. The molecule has 0 aliphatic carbocycles. The second-order valence-electron chi connectivity index (χ2n) is 6.94. The van der Waals surface area contributed by atoms with Gasteiger partial charge in [0, 0.05) is 36.5 Å². The van der Waals surface area contributed by atoms with Gasteiger partial charge in [0.1, 0.15) is 23.8 Å². The number of nitrogens with one attached hydrogen (secondary N) is 1. The molecule has 0 aromatic carbocycles. The Bertz CT molecular complexity index is 1230. The summed E-state index contributed by atoms with van der Waals surface area (Å²) in [7, 11) is 0. The van der Waals surface area contributed by atoms with Crippen molar-refractivity contribution in [3.8, 4) is 11.9 Å². The van der Waals surface area contributed by atoms with Crippen LogP contribution in [0.4, 0.5) is 0 Å². The van der Waals surface area contributed by atoms with E-state index in [1.54, 1.807) is 39.9 Å². The quantitative estimate of drug-likeness (QED) is 0.496. The Hall–Kier alpha value is -4.06. The van der Waals surface area contributed by atoms with Gasteiger partial charge in [-0.25, -0.2) is 19.5 Å². The van der Waals surface area contributed by atoms with Crippen LogP contribution in [0.1, 0.15) is 39.4 Å². The lowest BCUT2D eigenvalue weighted by Gasteiger charge is -2.06. The van der Waals surface area contributed by atoms with Crippen LogP contribution in [-0.2, 0) is 6.42 Å². The van der Waals surface area contributed by atoms with Crippen molar-refractivity contribution in [3.05, 3.63) is 71.3 Å². The third-order valence-electron chi connectivity index (χ3n) is 4.73. The average molecular weight is 400 g/mol. The zero-order valence-electron chi connectivity index (χ0n) is 16.7. The van der Waals surface area contributed by atoms with Crippen molar-refractivity contribution in [1.29, 1.82) is 5.26 Å². The Kier molecular flexibility index (Phi) is 5.22. The first kappa shape index (κ1) is 19.3. The summed E-state index contributed by atoms with van der Waals surface area (Å²) in [5.41, 5.74) is 4.03. The number of amides is 1. The lowest BCUT2D eigenvalue weighted by Crippen LogP contribution is -2.25. The summed E-state index contributed by atoms with van der Waals surface area (Å²) in [5.74, 6) is 0.502. The van der Waals surface area contributed by atoms with Gasteiger partial charge in [-0.1, -0.05) is 0 Å². The second-order valence-corrected chi connectivity index (χ2v) is 6.94. The smallest absolute Gasteiger partial charge is 0.252 e. The number of nitriles is 1. The summed E-state index contributed by atoms with van der Waals surface area (Å²) in [6.07, 6.45) is 7.87. The lowest BCUT2D eigenvalue weighted by atomic mass is 10.1. The molecule has 0 bridgehead atoms. The molecule has 4 aromatic rings. The number of nitrogens with zero attached hydrogens (tertiary/aromatic N) is 7. The van der Waals surface area contributed by atoms with Crippen LogP contribution in [-0.4, -0.2) is 41.6 Å². The molecule has 30 heavy (non-hydrogen) atoms. The number of fused-ring (bicyclic) bond motifs is 1. The van der Waals surface area contributed by atoms with E-state index >= 15 is 0 Å². The molecule has 0 aliphatic heterocycles. The molecule has 4 heterocycles. The standard InChI is InChI=1S/C21H20N8O/c1-14-10-15(2)29-20(26-14)17(11-22)18(27-29)4-3-7-24-21(30)16-5-6-19(25-12-16)28-9-8-23-13-28/h5-6,8-10,12-13H,3-4,7H2,1-2H3,(H,24,30). The third-order valence-corrected chi connectivity index (χ3v) is 4.73. The Morgan fingerprint density at radius 2 is 2.17 bits per heavy atom. The molecule has 0 fully saturated rings. The Balaban J connectivity index is 1.36. The summed E-state index contributed by atoms with van der Waals surface area (Å²) in [5, 5.41) is 17.0. The van der Waals surface area contributed by atoms with E-state index in [4.69, 9.17) is 0 Å². The molecule has 150 valence electrons. The molecule has 1 amide bonds. The van der Waals surface area contributed by atoms with Gasteiger partial charge in [-0.2, -0.15) is 10.4 Å². The number of carbonyl (C=O) groups excluding carboxylic acids is 1. The summed E-state index contributed by atoms with van der Waals surface area (Å²) in [6.45, 7) is 4.30. The Labute approximate surface area is 173 Å². The molecule has 4 rings (SSSR count). The van der Waals surface area contributed by atoms with Crippen LogP contribution >= 0.6 is 0 Å². The molecule has 9 nitrogen and oxygen atoms in total. The van der Waals surface area contributed by atoms with E-state index in [0.29, 0.717) is 47.7 Å². The summed E-state index contributed by atoms with van der Waals surface area (Å²) < 4.78 is 3.47. The van der Waals surface area contributed by atoms with Crippen molar-refractivity contribution in [2.45, 2.75) is 26.7 Å². The number of aryl methyl sites for hydroxylation is 3. The van der Waals surface area contributed by atoms with Crippen LogP contribution in [0.3, 0.4) is 0 Å². The maximum absolute atomic E-state index is 12.3. The molecule has 1 N–H and O–H groups in total. The minimum Gasteiger partial charge on any atom is -0.352 e. The predicted molar refractivity (Wildman–Crippen MR) is 109 cm³/mol. The van der Waals surface area contributed by atoms with Gasteiger partial charge in [-0.05, 0) is 44.9 Å². The van der Waals surface area contributed by atoms with Crippen LogP contribution in [0.2, 0.25) is 0 Å². The van der Waals surface area contributed by atoms with Crippen molar-refractivity contribution in [1.82, 2.24) is 34.4 Å².